The minimum absolute atomic E-state index is 0.202. The van der Waals surface area contributed by atoms with Crippen molar-refractivity contribution in [2.75, 3.05) is 43.4 Å². The van der Waals surface area contributed by atoms with Gasteiger partial charge in [0.05, 0.1) is 29.2 Å². The Labute approximate surface area is 189 Å². The van der Waals surface area contributed by atoms with E-state index in [4.69, 9.17) is 4.98 Å². The summed E-state index contributed by atoms with van der Waals surface area (Å²) in [5.74, 6) is 0.254. The van der Waals surface area contributed by atoms with Crippen LogP contribution in [0.5, 0.6) is 0 Å². The quantitative estimate of drug-likeness (QED) is 0.431. The van der Waals surface area contributed by atoms with Gasteiger partial charge in [0, 0.05) is 38.4 Å². The number of pyridine rings is 3. The zero-order valence-electron chi connectivity index (χ0n) is 18.5. The van der Waals surface area contributed by atoms with Gasteiger partial charge in [0.25, 0.3) is 5.56 Å². The number of rotatable bonds is 5. The molecule has 1 aliphatic rings. The van der Waals surface area contributed by atoms with Crippen LogP contribution in [0.1, 0.15) is 18.7 Å². The van der Waals surface area contributed by atoms with Crippen LogP contribution >= 0.6 is 0 Å². The van der Waals surface area contributed by atoms with Crippen LogP contribution in [0.25, 0.3) is 22.3 Å². The molecule has 3 N–H and O–H groups in total. The second-order valence-corrected chi connectivity index (χ2v) is 8.29. The van der Waals surface area contributed by atoms with Crippen LogP contribution in [0.2, 0.25) is 0 Å². The van der Waals surface area contributed by atoms with E-state index in [0.29, 0.717) is 28.3 Å². The highest BCUT2D eigenvalue weighted by Gasteiger charge is 2.22. The lowest BCUT2D eigenvalue weighted by Crippen LogP contribution is -2.44. The zero-order valence-corrected chi connectivity index (χ0v) is 18.5. The van der Waals surface area contributed by atoms with E-state index in [-0.39, 0.29) is 17.4 Å². The third-order valence-electron chi connectivity index (χ3n) is 5.98. The molecule has 10 heteroatoms. The van der Waals surface area contributed by atoms with Crippen molar-refractivity contribution in [2.24, 2.45) is 0 Å². The van der Waals surface area contributed by atoms with Gasteiger partial charge in [0.15, 0.2) is 0 Å². The Bertz CT molecular complexity index is 1320. The van der Waals surface area contributed by atoms with Gasteiger partial charge in [-0.2, -0.15) is 5.10 Å². The van der Waals surface area contributed by atoms with Crippen molar-refractivity contribution in [3.8, 4) is 11.3 Å². The molecule has 0 aromatic carbocycles. The molecule has 5 heterocycles. The number of hydrogen-bond donors (Lipinski definition) is 3. The fourth-order valence-electron chi connectivity index (χ4n) is 4.08. The number of hydrogen-bond acceptors (Lipinski definition) is 7. The molecule has 0 aliphatic carbocycles. The predicted molar refractivity (Wildman–Crippen MR) is 126 cm³/mol. The van der Waals surface area contributed by atoms with E-state index in [1.165, 1.54) is 12.3 Å². The minimum atomic E-state index is -0.376. The first kappa shape index (κ1) is 21.1. The highest BCUT2D eigenvalue weighted by atomic mass is 19.1. The Balaban J connectivity index is 1.59. The summed E-state index contributed by atoms with van der Waals surface area (Å²) >= 11 is 0. The highest BCUT2D eigenvalue weighted by Crippen LogP contribution is 2.33. The van der Waals surface area contributed by atoms with Crippen molar-refractivity contribution >= 4 is 22.5 Å². The first-order valence-corrected chi connectivity index (χ1v) is 10.9. The van der Waals surface area contributed by atoms with Gasteiger partial charge in [-0.1, -0.05) is 0 Å². The number of halogens is 1. The maximum atomic E-state index is 13.3. The Hall–Kier alpha value is -3.79. The number of anilines is 2. The zero-order chi connectivity index (χ0) is 22.9. The summed E-state index contributed by atoms with van der Waals surface area (Å²) in [5.41, 5.74) is 3.80. The van der Waals surface area contributed by atoms with Crippen molar-refractivity contribution in [1.82, 2.24) is 30.0 Å². The molecular weight excluding hydrogens is 423 g/mol. The molecule has 0 amide bonds. The molecule has 9 nitrogen and oxygen atoms in total. The number of piperazine rings is 1. The van der Waals surface area contributed by atoms with Crippen LogP contribution in [0.3, 0.4) is 0 Å². The molecular formula is C23H25FN8O. The topological polar surface area (TPSA) is 106 Å². The summed E-state index contributed by atoms with van der Waals surface area (Å²) in [6.45, 7) is 5.57. The lowest BCUT2D eigenvalue weighted by Gasteiger charge is -2.34. The Morgan fingerprint density at radius 3 is 2.73 bits per heavy atom. The molecule has 1 fully saturated rings. The highest BCUT2D eigenvalue weighted by molar-refractivity contribution is 5.98. The van der Waals surface area contributed by atoms with Crippen molar-refractivity contribution in [3.05, 3.63) is 64.6 Å². The number of aromatic nitrogens is 5. The number of likely N-dealkylation sites (N-methyl/N-ethyl adjacent to an activating group) is 1. The normalized spacial score (nSPS) is 15.7. The second-order valence-electron chi connectivity index (χ2n) is 8.29. The molecule has 33 heavy (non-hydrogen) atoms. The molecule has 4 aromatic heterocycles. The van der Waals surface area contributed by atoms with Gasteiger partial charge in [-0.25, -0.2) is 9.37 Å². The molecule has 1 unspecified atom stereocenters. The molecule has 0 radical (unpaired) electrons. The van der Waals surface area contributed by atoms with Gasteiger partial charge in [-0.3, -0.25) is 14.9 Å². The van der Waals surface area contributed by atoms with Gasteiger partial charge in [0.2, 0.25) is 0 Å². The molecule has 1 aliphatic heterocycles. The number of fused-ring (bicyclic) bond motifs is 1. The van der Waals surface area contributed by atoms with Gasteiger partial charge in [-0.05, 0) is 38.2 Å². The molecule has 170 valence electrons. The van der Waals surface area contributed by atoms with E-state index in [0.717, 1.165) is 37.4 Å². The molecule has 0 bridgehead atoms. The maximum absolute atomic E-state index is 13.3. The van der Waals surface area contributed by atoms with E-state index in [9.17, 15) is 9.18 Å². The molecule has 1 saturated heterocycles. The lowest BCUT2D eigenvalue weighted by atomic mass is 10.1. The average Bonchev–Trinajstić information content (AvgIpc) is 3.23. The van der Waals surface area contributed by atoms with Crippen LogP contribution in [0, 0.1) is 5.82 Å². The van der Waals surface area contributed by atoms with E-state index < -0.39 is 0 Å². The summed E-state index contributed by atoms with van der Waals surface area (Å²) in [6, 6.07) is 8.33. The SMILES string of the molecule is CC(Nc1cc(N2CCN(C)CC2)c2[nH]nc(-c3ccc[nH]c3=O)c2n1)c1ccc(F)cn1. The second kappa shape index (κ2) is 8.62. The van der Waals surface area contributed by atoms with Crippen molar-refractivity contribution < 1.29 is 4.39 Å². The van der Waals surface area contributed by atoms with Gasteiger partial charge < -0.3 is 20.1 Å². The molecule has 0 spiro atoms. The van der Waals surface area contributed by atoms with Crippen molar-refractivity contribution in [3.63, 3.8) is 0 Å². The van der Waals surface area contributed by atoms with E-state index in [1.54, 1.807) is 24.4 Å². The van der Waals surface area contributed by atoms with E-state index in [2.05, 4.69) is 42.3 Å². The molecule has 4 aromatic rings. The molecule has 1 atom stereocenters. The average molecular weight is 449 g/mol. The van der Waals surface area contributed by atoms with Gasteiger partial charge in [-0.15, -0.1) is 0 Å². The van der Waals surface area contributed by atoms with Crippen LogP contribution < -0.4 is 15.8 Å². The first-order chi connectivity index (χ1) is 16.0. The monoisotopic (exact) mass is 448 g/mol. The van der Waals surface area contributed by atoms with Crippen LogP contribution in [-0.2, 0) is 0 Å². The smallest absolute Gasteiger partial charge is 0.257 e. The van der Waals surface area contributed by atoms with E-state index in [1.807, 2.05) is 13.0 Å². The number of nitrogens with one attached hydrogen (secondary N) is 3. The summed E-state index contributed by atoms with van der Waals surface area (Å²) in [4.78, 5) is 28.7. The first-order valence-electron chi connectivity index (χ1n) is 10.9. The van der Waals surface area contributed by atoms with Gasteiger partial charge in [0.1, 0.15) is 28.4 Å². The Morgan fingerprint density at radius 1 is 1.18 bits per heavy atom. The third kappa shape index (κ3) is 4.17. The largest absolute Gasteiger partial charge is 0.367 e. The van der Waals surface area contributed by atoms with Crippen LogP contribution in [-0.4, -0.2) is 63.3 Å². The van der Waals surface area contributed by atoms with Crippen molar-refractivity contribution in [1.29, 1.82) is 0 Å². The lowest BCUT2D eigenvalue weighted by molar-refractivity contribution is 0.313. The third-order valence-corrected chi connectivity index (χ3v) is 5.98. The number of H-pyrrole nitrogens is 2. The summed E-state index contributed by atoms with van der Waals surface area (Å²) in [7, 11) is 2.11. The minimum Gasteiger partial charge on any atom is -0.367 e. The molecule has 5 rings (SSSR count). The molecule has 0 saturated carbocycles. The van der Waals surface area contributed by atoms with Gasteiger partial charge >= 0.3 is 0 Å². The standard InChI is InChI=1S/C23H25FN8O/c1-14(17-6-5-15(24)13-26-17)27-19-12-18(32-10-8-31(2)9-11-32)21-22(28-19)20(29-30-21)16-4-3-7-25-23(16)33/h3-7,12-14H,8-11H2,1-2H3,(H,25,33)(H,27,28)(H,29,30). The summed E-state index contributed by atoms with van der Waals surface area (Å²) < 4.78 is 13.3. The van der Waals surface area contributed by atoms with Crippen LogP contribution in [0.4, 0.5) is 15.9 Å². The predicted octanol–water partition coefficient (Wildman–Crippen LogP) is 2.77. The summed E-state index contributed by atoms with van der Waals surface area (Å²) in [6.07, 6.45) is 2.80. The Kier molecular flexibility index (Phi) is 5.51. The number of aromatic amines is 2. The number of nitrogens with zero attached hydrogens (tertiary/aromatic N) is 5. The maximum Gasteiger partial charge on any atom is 0.257 e. The van der Waals surface area contributed by atoms with Crippen LogP contribution in [0.15, 0.2) is 47.5 Å². The van der Waals surface area contributed by atoms with Crippen molar-refractivity contribution in [2.45, 2.75) is 13.0 Å². The fourth-order valence-corrected chi connectivity index (χ4v) is 4.08. The fraction of sp³-hybridized carbons (Fsp3) is 0.304. The summed E-state index contributed by atoms with van der Waals surface area (Å²) in [5, 5.41) is 10.9. The van der Waals surface area contributed by atoms with E-state index >= 15 is 0 Å². The Morgan fingerprint density at radius 2 is 2.00 bits per heavy atom.